The van der Waals surface area contributed by atoms with Crippen molar-refractivity contribution >= 4 is 11.3 Å². The van der Waals surface area contributed by atoms with Crippen molar-refractivity contribution in [3.63, 3.8) is 0 Å². The number of halogens is 1. The number of hydrogen-bond donors (Lipinski definition) is 1. The van der Waals surface area contributed by atoms with E-state index in [0.717, 1.165) is 32.7 Å². The Labute approximate surface area is 144 Å². The van der Waals surface area contributed by atoms with Crippen LogP contribution in [-0.4, -0.2) is 10.2 Å². The van der Waals surface area contributed by atoms with Crippen molar-refractivity contribution in [3.05, 3.63) is 58.2 Å². The highest BCUT2D eigenvalue weighted by Crippen LogP contribution is 2.29. The van der Waals surface area contributed by atoms with Crippen molar-refractivity contribution in [2.75, 3.05) is 0 Å². The van der Waals surface area contributed by atoms with Crippen molar-refractivity contribution in [1.29, 1.82) is 0 Å². The number of nitrogens with one attached hydrogen (secondary N) is 1. The minimum Gasteiger partial charge on any atom is -0.466 e. The molecule has 1 aromatic carbocycles. The molecule has 3 rings (SSSR count). The Morgan fingerprint density at radius 2 is 1.92 bits per heavy atom. The Bertz CT molecular complexity index is 842. The molecule has 0 saturated carbocycles. The van der Waals surface area contributed by atoms with Gasteiger partial charge in [0.2, 0.25) is 0 Å². The molecule has 2 heterocycles. The zero-order chi connectivity index (χ0) is 17.3. The van der Waals surface area contributed by atoms with Gasteiger partial charge in [0.15, 0.2) is 0 Å². The molecule has 0 fully saturated rings. The Morgan fingerprint density at radius 1 is 1.12 bits per heavy atom. The van der Waals surface area contributed by atoms with Gasteiger partial charge in [0.25, 0.3) is 0 Å². The standard InChI is InChI=1S/C18H20FN3OS/c1-10-8-16(13(4)23-10)11(2)20-12(3)17-21-22-18(24-17)14-6-5-7-15(19)9-14/h5-9,11-12,20H,1-4H3/t11-,12-/m1/s1. The monoisotopic (exact) mass is 345 g/mol. The predicted octanol–water partition coefficient (Wildman–Crippen LogP) is 4.97. The molecule has 4 nitrogen and oxygen atoms in total. The van der Waals surface area contributed by atoms with Crippen LogP contribution in [-0.2, 0) is 0 Å². The lowest BCUT2D eigenvalue weighted by Crippen LogP contribution is -2.22. The molecule has 1 N–H and O–H groups in total. The topological polar surface area (TPSA) is 51.0 Å². The van der Waals surface area contributed by atoms with E-state index in [0.29, 0.717) is 0 Å². The smallest absolute Gasteiger partial charge is 0.147 e. The van der Waals surface area contributed by atoms with Crippen LogP contribution in [0.4, 0.5) is 4.39 Å². The first kappa shape index (κ1) is 16.8. The third-order valence-electron chi connectivity index (χ3n) is 3.93. The van der Waals surface area contributed by atoms with Crippen LogP contribution in [0, 0.1) is 19.7 Å². The van der Waals surface area contributed by atoms with Crippen LogP contribution in [0.15, 0.2) is 34.7 Å². The molecular formula is C18H20FN3OS. The maximum Gasteiger partial charge on any atom is 0.147 e. The van der Waals surface area contributed by atoms with Gasteiger partial charge in [0, 0.05) is 17.2 Å². The summed E-state index contributed by atoms with van der Waals surface area (Å²) < 4.78 is 18.9. The van der Waals surface area contributed by atoms with Gasteiger partial charge < -0.3 is 9.73 Å². The third kappa shape index (κ3) is 3.55. The van der Waals surface area contributed by atoms with E-state index >= 15 is 0 Å². The number of aromatic nitrogens is 2. The van der Waals surface area contributed by atoms with Crippen molar-refractivity contribution in [1.82, 2.24) is 15.5 Å². The van der Waals surface area contributed by atoms with E-state index in [-0.39, 0.29) is 17.9 Å². The van der Waals surface area contributed by atoms with Gasteiger partial charge in [-0.1, -0.05) is 23.5 Å². The third-order valence-corrected chi connectivity index (χ3v) is 5.08. The molecule has 6 heteroatoms. The lowest BCUT2D eigenvalue weighted by atomic mass is 10.1. The number of hydrogen-bond acceptors (Lipinski definition) is 5. The van der Waals surface area contributed by atoms with Gasteiger partial charge >= 0.3 is 0 Å². The van der Waals surface area contributed by atoms with E-state index < -0.39 is 0 Å². The minimum atomic E-state index is -0.269. The van der Waals surface area contributed by atoms with Gasteiger partial charge in [-0.2, -0.15) is 0 Å². The lowest BCUT2D eigenvalue weighted by molar-refractivity contribution is 0.467. The summed E-state index contributed by atoms with van der Waals surface area (Å²) in [5, 5.41) is 13.6. The van der Waals surface area contributed by atoms with Crippen LogP contribution >= 0.6 is 11.3 Å². The SMILES string of the molecule is Cc1cc([C@@H](C)N[C@H](C)c2nnc(-c3cccc(F)c3)s2)c(C)o1. The Hall–Kier alpha value is -2.05. The van der Waals surface area contributed by atoms with E-state index in [1.54, 1.807) is 6.07 Å². The van der Waals surface area contributed by atoms with Crippen molar-refractivity contribution in [2.24, 2.45) is 0 Å². The Morgan fingerprint density at radius 3 is 2.58 bits per heavy atom. The van der Waals surface area contributed by atoms with Gasteiger partial charge in [-0.15, -0.1) is 10.2 Å². The molecule has 2 atom stereocenters. The highest BCUT2D eigenvalue weighted by atomic mass is 32.1. The predicted molar refractivity (Wildman–Crippen MR) is 93.5 cm³/mol. The molecule has 3 aromatic rings. The lowest BCUT2D eigenvalue weighted by Gasteiger charge is -2.17. The molecule has 0 amide bonds. The van der Waals surface area contributed by atoms with Crippen LogP contribution in [0.5, 0.6) is 0 Å². The largest absolute Gasteiger partial charge is 0.466 e. The van der Waals surface area contributed by atoms with E-state index in [2.05, 4.69) is 35.4 Å². The van der Waals surface area contributed by atoms with Crippen molar-refractivity contribution in [2.45, 2.75) is 39.8 Å². The van der Waals surface area contributed by atoms with Gasteiger partial charge in [-0.3, -0.25) is 0 Å². The van der Waals surface area contributed by atoms with Crippen molar-refractivity contribution < 1.29 is 8.81 Å². The molecular weight excluding hydrogens is 325 g/mol. The van der Waals surface area contributed by atoms with Gasteiger partial charge in [-0.25, -0.2) is 4.39 Å². The molecule has 0 spiro atoms. The number of rotatable bonds is 5. The fraction of sp³-hybridized carbons (Fsp3) is 0.333. The fourth-order valence-corrected chi connectivity index (χ4v) is 3.62. The van der Waals surface area contributed by atoms with Crippen molar-refractivity contribution in [3.8, 4) is 10.6 Å². The summed E-state index contributed by atoms with van der Waals surface area (Å²) in [6.45, 7) is 8.07. The summed E-state index contributed by atoms with van der Waals surface area (Å²) in [6, 6.07) is 8.65. The molecule has 0 unspecified atom stereocenters. The summed E-state index contributed by atoms with van der Waals surface area (Å²) in [6.07, 6.45) is 0. The zero-order valence-electron chi connectivity index (χ0n) is 14.1. The average Bonchev–Trinajstić information content (AvgIpc) is 3.14. The first-order valence-electron chi connectivity index (χ1n) is 7.86. The number of aryl methyl sites for hydroxylation is 2. The van der Waals surface area contributed by atoms with Crippen LogP contribution in [0.2, 0.25) is 0 Å². The van der Waals surface area contributed by atoms with Crippen LogP contribution in [0.25, 0.3) is 10.6 Å². The van der Waals surface area contributed by atoms with Gasteiger partial charge in [-0.05, 0) is 45.9 Å². The Kier molecular flexibility index (Phi) is 4.78. The molecule has 24 heavy (non-hydrogen) atoms. The molecule has 0 radical (unpaired) electrons. The number of furan rings is 1. The molecule has 0 aliphatic carbocycles. The van der Waals surface area contributed by atoms with Gasteiger partial charge in [0.05, 0.1) is 6.04 Å². The maximum atomic E-state index is 13.4. The number of nitrogens with zero attached hydrogens (tertiary/aromatic N) is 2. The fourth-order valence-electron chi connectivity index (χ4n) is 2.76. The second-order valence-electron chi connectivity index (χ2n) is 5.93. The summed E-state index contributed by atoms with van der Waals surface area (Å²) in [7, 11) is 0. The zero-order valence-corrected chi connectivity index (χ0v) is 14.9. The second-order valence-corrected chi connectivity index (χ2v) is 6.94. The molecule has 0 saturated heterocycles. The first-order chi connectivity index (χ1) is 11.4. The van der Waals surface area contributed by atoms with Crippen LogP contribution in [0.3, 0.4) is 0 Å². The molecule has 126 valence electrons. The highest BCUT2D eigenvalue weighted by Gasteiger charge is 2.18. The van der Waals surface area contributed by atoms with E-state index in [1.807, 2.05) is 19.9 Å². The quantitative estimate of drug-likeness (QED) is 0.709. The normalized spacial score (nSPS) is 13.9. The first-order valence-corrected chi connectivity index (χ1v) is 8.68. The van der Waals surface area contributed by atoms with Gasteiger partial charge in [0.1, 0.15) is 27.4 Å². The maximum absolute atomic E-state index is 13.4. The summed E-state index contributed by atoms with van der Waals surface area (Å²) in [5.74, 6) is 1.57. The molecule has 2 aromatic heterocycles. The summed E-state index contributed by atoms with van der Waals surface area (Å²) >= 11 is 1.47. The Balaban J connectivity index is 1.74. The van der Waals surface area contributed by atoms with E-state index in [1.165, 1.54) is 23.5 Å². The highest BCUT2D eigenvalue weighted by molar-refractivity contribution is 7.14. The molecule has 0 aliphatic rings. The van der Waals surface area contributed by atoms with E-state index in [9.17, 15) is 4.39 Å². The second kappa shape index (κ2) is 6.83. The minimum absolute atomic E-state index is 0.0365. The van der Waals surface area contributed by atoms with Crippen LogP contribution in [0.1, 0.15) is 48.0 Å². The molecule has 0 aliphatic heterocycles. The number of benzene rings is 1. The summed E-state index contributed by atoms with van der Waals surface area (Å²) in [5.41, 5.74) is 1.90. The van der Waals surface area contributed by atoms with E-state index in [4.69, 9.17) is 4.42 Å². The summed E-state index contributed by atoms with van der Waals surface area (Å²) in [4.78, 5) is 0. The average molecular weight is 345 g/mol. The van der Waals surface area contributed by atoms with Crippen LogP contribution < -0.4 is 5.32 Å². The molecule has 0 bridgehead atoms.